The van der Waals surface area contributed by atoms with Crippen LogP contribution in [0.4, 0.5) is 24.0 Å². The molecule has 0 fully saturated rings. The van der Waals surface area contributed by atoms with E-state index < -0.39 is 23.3 Å². The first-order chi connectivity index (χ1) is 16.7. The average Bonchev–Trinajstić information content (AvgIpc) is 3.29. The van der Waals surface area contributed by atoms with Crippen molar-refractivity contribution in [2.75, 3.05) is 4.90 Å². The summed E-state index contributed by atoms with van der Waals surface area (Å²) >= 11 is 1.16. The molecule has 6 nitrogen and oxygen atoms in total. The van der Waals surface area contributed by atoms with E-state index in [0.29, 0.717) is 16.5 Å². The Labute approximate surface area is 203 Å². The van der Waals surface area contributed by atoms with Gasteiger partial charge in [-0.1, -0.05) is 37.3 Å². The highest BCUT2D eigenvalue weighted by Crippen LogP contribution is 2.37. The number of aryl methyl sites for hydroxylation is 1. The summed E-state index contributed by atoms with van der Waals surface area (Å²) in [6.07, 6.45) is -3.05. The Morgan fingerprint density at radius 1 is 1.09 bits per heavy atom. The molecule has 0 unspecified atom stereocenters. The highest BCUT2D eigenvalue weighted by molar-refractivity contribution is 7.14. The number of alkyl halides is 3. The van der Waals surface area contributed by atoms with Gasteiger partial charge in [-0.15, -0.1) is 11.3 Å². The predicted octanol–water partition coefficient (Wildman–Crippen LogP) is 6.31. The molecule has 0 aliphatic rings. The van der Waals surface area contributed by atoms with Gasteiger partial charge in [0.2, 0.25) is 5.91 Å². The number of halogens is 3. The van der Waals surface area contributed by atoms with Gasteiger partial charge in [0.15, 0.2) is 5.13 Å². The van der Waals surface area contributed by atoms with Crippen LogP contribution in [0.15, 0.2) is 60.1 Å². The van der Waals surface area contributed by atoms with Gasteiger partial charge in [0.05, 0.1) is 28.0 Å². The number of para-hydroxylation sites is 1. The van der Waals surface area contributed by atoms with Crippen LogP contribution >= 0.6 is 11.3 Å². The van der Waals surface area contributed by atoms with Crippen LogP contribution in [-0.4, -0.2) is 21.8 Å². The number of ether oxygens (including phenoxy) is 1. The summed E-state index contributed by atoms with van der Waals surface area (Å²) in [4.78, 5) is 34.6. The number of aromatic nitrogens is 2. The van der Waals surface area contributed by atoms with E-state index in [9.17, 15) is 22.8 Å². The maximum Gasteiger partial charge on any atom is 0.417 e. The molecule has 0 N–H and O–H groups in total. The van der Waals surface area contributed by atoms with E-state index in [2.05, 4.69) is 9.97 Å². The van der Waals surface area contributed by atoms with E-state index >= 15 is 0 Å². The van der Waals surface area contributed by atoms with Crippen molar-refractivity contribution in [3.8, 4) is 0 Å². The Morgan fingerprint density at radius 2 is 1.80 bits per heavy atom. The molecule has 2 aromatic carbocycles. The highest BCUT2D eigenvalue weighted by Gasteiger charge is 2.38. The minimum Gasteiger partial charge on any atom is -0.455 e. The van der Waals surface area contributed by atoms with E-state index in [0.717, 1.165) is 29.5 Å². The van der Waals surface area contributed by atoms with Crippen molar-refractivity contribution < 1.29 is 27.5 Å². The molecule has 1 amide bonds. The van der Waals surface area contributed by atoms with E-state index in [1.54, 1.807) is 11.4 Å². The topological polar surface area (TPSA) is 72.4 Å². The summed E-state index contributed by atoms with van der Waals surface area (Å²) in [5.74, 6) is -1.42. The van der Waals surface area contributed by atoms with Gasteiger partial charge in [-0.25, -0.2) is 9.78 Å². The van der Waals surface area contributed by atoms with E-state index in [-0.39, 0.29) is 23.4 Å². The van der Waals surface area contributed by atoms with Gasteiger partial charge in [0, 0.05) is 23.9 Å². The van der Waals surface area contributed by atoms with Crippen LogP contribution < -0.4 is 4.90 Å². The normalized spacial score (nSPS) is 11.5. The number of pyridine rings is 1. The number of esters is 1. The lowest BCUT2D eigenvalue weighted by molar-refractivity contribution is -0.136. The van der Waals surface area contributed by atoms with Gasteiger partial charge in [-0.3, -0.25) is 14.7 Å². The number of rotatable bonds is 6. The molecule has 0 aliphatic heterocycles. The molecular formula is C25H20F3N3O3S. The van der Waals surface area contributed by atoms with Gasteiger partial charge in [0.25, 0.3) is 0 Å². The Bertz CT molecular complexity index is 1380. The van der Waals surface area contributed by atoms with E-state index in [1.807, 2.05) is 31.2 Å². The SMILES string of the molecule is CCc1ccc(N(C(C)=O)c2nc(COC(=O)c3cnc4ccccc4c3C(F)(F)F)cs2)cc1. The number of carbonyl (C=O) groups excluding carboxylic acids is 2. The third kappa shape index (κ3) is 5.17. The summed E-state index contributed by atoms with van der Waals surface area (Å²) in [6, 6.07) is 13.2. The van der Waals surface area contributed by atoms with Crippen molar-refractivity contribution in [3.05, 3.63) is 82.5 Å². The first-order valence-electron chi connectivity index (χ1n) is 10.6. The highest BCUT2D eigenvalue weighted by atomic mass is 32.1. The average molecular weight is 500 g/mol. The first kappa shape index (κ1) is 24.3. The van der Waals surface area contributed by atoms with Crippen LogP contribution in [0, 0.1) is 0 Å². The molecule has 0 atom stereocenters. The molecule has 2 aromatic heterocycles. The molecule has 0 saturated heterocycles. The second kappa shape index (κ2) is 9.83. The molecule has 0 bridgehead atoms. The number of fused-ring (bicyclic) bond motifs is 1. The molecule has 35 heavy (non-hydrogen) atoms. The van der Waals surface area contributed by atoms with Crippen LogP contribution in [0.1, 0.15) is 41.0 Å². The van der Waals surface area contributed by atoms with Crippen LogP contribution in [0.2, 0.25) is 0 Å². The molecule has 10 heteroatoms. The fraction of sp³-hybridized carbons (Fsp3) is 0.200. The fourth-order valence-corrected chi connectivity index (χ4v) is 4.46. The number of nitrogens with zero attached hydrogens (tertiary/aromatic N) is 3. The Hall–Kier alpha value is -3.79. The molecule has 0 aliphatic carbocycles. The quantitative estimate of drug-likeness (QED) is 0.291. The zero-order chi connectivity index (χ0) is 25.2. The van der Waals surface area contributed by atoms with Crippen LogP contribution in [0.3, 0.4) is 0 Å². The van der Waals surface area contributed by atoms with E-state index in [4.69, 9.17) is 4.74 Å². The molecule has 2 heterocycles. The first-order valence-corrected chi connectivity index (χ1v) is 11.5. The maximum atomic E-state index is 13.8. The van der Waals surface area contributed by atoms with Gasteiger partial charge >= 0.3 is 12.1 Å². The van der Waals surface area contributed by atoms with E-state index in [1.165, 1.54) is 30.0 Å². The van der Waals surface area contributed by atoms with Crippen LogP contribution in [0.25, 0.3) is 10.9 Å². The number of thiazole rings is 1. The lowest BCUT2D eigenvalue weighted by Gasteiger charge is -2.18. The fourth-order valence-electron chi connectivity index (χ4n) is 3.59. The number of anilines is 2. The van der Waals surface area contributed by atoms with Gasteiger partial charge < -0.3 is 4.74 Å². The van der Waals surface area contributed by atoms with Crippen LogP contribution in [-0.2, 0) is 28.7 Å². The zero-order valence-corrected chi connectivity index (χ0v) is 19.6. The number of hydrogen-bond donors (Lipinski definition) is 0. The second-order valence-corrected chi connectivity index (χ2v) is 8.47. The summed E-state index contributed by atoms with van der Waals surface area (Å²) in [5, 5.41) is 1.76. The van der Waals surface area contributed by atoms with Gasteiger partial charge in [-0.05, 0) is 30.2 Å². The summed E-state index contributed by atoms with van der Waals surface area (Å²) in [6.45, 7) is 3.07. The third-order valence-corrected chi connectivity index (χ3v) is 6.15. The third-order valence-electron chi connectivity index (χ3n) is 5.28. The summed E-state index contributed by atoms with van der Waals surface area (Å²) < 4.78 is 46.5. The van der Waals surface area contributed by atoms with Crippen molar-refractivity contribution in [2.45, 2.75) is 33.1 Å². The number of amides is 1. The molecule has 0 spiro atoms. The van der Waals surface area contributed by atoms with Crippen LogP contribution in [0.5, 0.6) is 0 Å². The molecule has 0 radical (unpaired) electrons. The monoisotopic (exact) mass is 499 g/mol. The Morgan fingerprint density at radius 3 is 2.46 bits per heavy atom. The van der Waals surface area contributed by atoms with Crippen molar-refractivity contribution >= 4 is 44.9 Å². The Balaban J connectivity index is 1.55. The lowest BCUT2D eigenvalue weighted by atomic mass is 10.0. The number of benzene rings is 2. The molecule has 0 saturated carbocycles. The molecule has 180 valence electrons. The van der Waals surface area contributed by atoms with Crippen molar-refractivity contribution in [1.82, 2.24) is 9.97 Å². The Kier molecular flexibility index (Phi) is 6.83. The zero-order valence-electron chi connectivity index (χ0n) is 18.8. The second-order valence-electron chi connectivity index (χ2n) is 7.63. The number of carbonyl (C=O) groups is 2. The van der Waals surface area contributed by atoms with Crippen molar-refractivity contribution in [2.24, 2.45) is 0 Å². The smallest absolute Gasteiger partial charge is 0.417 e. The standard InChI is InChI=1S/C25H20F3N3O3S/c1-3-16-8-10-18(11-9-16)31(15(2)32)24-30-17(14-35-24)13-34-23(33)20-12-29-21-7-5-4-6-19(21)22(20)25(26,27)28/h4-12,14H,3,13H2,1-2H3. The van der Waals surface area contributed by atoms with Crippen molar-refractivity contribution in [3.63, 3.8) is 0 Å². The maximum absolute atomic E-state index is 13.8. The van der Waals surface area contributed by atoms with Gasteiger partial charge in [0.1, 0.15) is 6.61 Å². The largest absolute Gasteiger partial charge is 0.455 e. The molecule has 4 aromatic rings. The van der Waals surface area contributed by atoms with Crippen molar-refractivity contribution in [1.29, 1.82) is 0 Å². The minimum atomic E-state index is -4.78. The summed E-state index contributed by atoms with van der Waals surface area (Å²) in [7, 11) is 0. The minimum absolute atomic E-state index is 0.122. The molecular weight excluding hydrogens is 479 g/mol. The molecule has 4 rings (SSSR count). The summed E-state index contributed by atoms with van der Waals surface area (Å²) in [5.41, 5.74) is 0.405. The predicted molar refractivity (Wildman–Crippen MR) is 127 cm³/mol. The van der Waals surface area contributed by atoms with Gasteiger partial charge in [-0.2, -0.15) is 13.2 Å². The lowest BCUT2D eigenvalue weighted by Crippen LogP contribution is -2.22. The number of hydrogen-bond acceptors (Lipinski definition) is 6.